The molecule has 0 aliphatic carbocycles. The SMILES string of the molecule is Nc1ncnc2[nH]c(Sc3nc4cccc(Cl)c4s3)nc12. The van der Waals surface area contributed by atoms with Crippen molar-refractivity contribution in [3.05, 3.63) is 29.5 Å². The molecule has 21 heavy (non-hydrogen) atoms. The number of fused-ring (bicyclic) bond motifs is 2. The Balaban J connectivity index is 1.75. The molecule has 3 aromatic heterocycles. The molecule has 6 nitrogen and oxygen atoms in total. The van der Waals surface area contributed by atoms with Gasteiger partial charge < -0.3 is 10.7 Å². The molecule has 104 valence electrons. The number of imidazole rings is 1. The van der Waals surface area contributed by atoms with E-state index in [1.807, 2.05) is 18.2 Å². The summed E-state index contributed by atoms with van der Waals surface area (Å²) in [5.41, 5.74) is 7.83. The molecule has 4 rings (SSSR count). The van der Waals surface area contributed by atoms with E-state index in [1.165, 1.54) is 29.4 Å². The minimum Gasteiger partial charge on any atom is -0.382 e. The van der Waals surface area contributed by atoms with Gasteiger partial charge in [0.15, 0.2) is 26.5 Å². The van der Waals surface area contributed by atoms with Gasteiger partial charge in [-0.3, -0.25) is 0 Å². The van der Waals surface area contributed by atoms with Gasteiger partial charge in [-0.05, 0) is 23.9 Å². The number of thiazole rings is 1. The lowest BCUT2D eigenvalue weighted by atomic mass is 10.3. The summed E-state index contributed by atoms with van der Waals surface area (Å²) in [6.07, 6.45) is 1.40. The summed E-state index contributed by atoms with van der Waals surface area (Å²) in [5.74, 6) is 0.357. The van der Waals surface area contributed by atoms with E-state index in [9.17, 15) is 0 Å². The van der Waals surface area contributed by atoms with E-state index in [0.717, 1.165) is 14.6 Å². The molecule has 0 atom stereocenters. The highest BCUT2D eigenvalue weighted by Gasteiger charge is 2.12. The molecule has 0 bridgehead atoms. The number of anilines is 1. The van der Waals surface area contributed by atoms with Crippen molar-refractivity contribution in [3.63, 3.8) is 0 Å². The smallest absolute Gasteiger partial charge is 0.174 e. The predicted molar refractivity (Wildman–Crippen MR) is 84.8 cm³/mol. The normalized spacial score (nSPS) is 11.5. The number of hydrogen-bond acceptors (Lipinski definition) is 7. The van der Waals surface area contributed by atoms with Crippen LogP contribution in [0.5, 0.6) is 0 Å². The molecular weight excluding hydrogens is 328 g/mol. The highest BCUT2D eigenvalue weighted by molar-refractivity contribution is 8.01. The van der Waals surface area contributed by atoms with Crippen molar-refractivity contribution in [2.24, 2.45) is 0 Å². The maximum absolute atomic E-state index is 6.16. The molecule has 0 radical (unpaired) electrons. The molecule has 0 aliphatic rings. The first-order chi connectivity index (χ1) is 10.2. The van der Waals surface area contributed by atoms with Crippen LogP contribution in [0.2, 0.25) is 5.02 Å². The van der Waals surface area contributed by atoms with Crippen molar-refractivity contribution in [2.75, 3.05) is 5.73 Å². The van der Waals surface area contributed by atoms with Gasteiger partial charge in [-0.1, -0.05) is 17.7 Å². The standard InChI is InChI=1S/C12H7ClN6S2/c13-5-2-1-3-6-8(5)20-12(17-6)21-11-18-7-9(14)15-4-16-10(7)19-11/h1-4H,(H3,14,15,16,18,19). The summed E-state index contributed by atoms with van der Waals surface area (Å²) in [5, 5.41) is 1.38. The molecule has 0 fully saturated rings. The van der Waals surface area contributed by atoms with E-state index >= 15 is 0 Å². The number of benzene rings is 1. The predicted octanol–water partition coefficient (Wildman–Crippen LogP) is 3.35. The lowest BCUT2D eigenvalue weighted by Gasteiger charge is -1.89. The molecule has 0 spiro atoms. The monoisotopic (exact) mass is 334 g/mol. The third-order valence-electron chi connectivity index (χ3n) is 2.82. The lowest BCUT2D eigenvalue weighted by molar-refractivity contribution is 1.07. The van der Waals surface area contributed by atoms with Crippen LogP contribution in [0.3, 0.4) is 0 Å². The molecule has 4 aromatic rings. The van der Waals surface area contributed by atoms with Crippen LogP contribution in [-0.4, -0.2) is 24.9 Å². The molecule has 1 aromatic carbocycles. The van der Waals surface area contributed by atoms with Crippen LogP contribution in [0.4, 0.5) is 5.82 Å². The van der Waals surface area contributed by atoms with E-state index in [0.29, 0.717) is 27.2 Å². The number of H-pyrrole nitrogens is 1. The van der Waals surface area contributed by atoms with Crippen molar-refractivity contribution in [1.29, 1.82) is 0 Å². The second-order valence-electron chi connectivity index (χ2n) is 4.17. The van der Waals surface area contributed by atoms with Crippen LogP contribution in [0.15, 0.2) is 34.0 Å². The number of hydrogen-bond donors (Lipinski definition) is 2. The summed E-state index contributed by atoms with van der Waals surface area (Å²) in [6.45, 7) is 0. The average Bonchev–Trinajstić information content (AvgIpc) is 3.04. The third kappa shape index (κ3) is 2.21. The minimum absolute atomic E-state index is 0.357. The van der Waals surface area contributed by atoms with E-state index in [2.05, 4.69) is 24.9 Å². The number of aromatic amines is 1. The number of halogens is 1. The highest BCUT2D eigenvalue weighted by Crippen LogP contribution is 2.36. The van der Waals surface area contributed by atoms with Gasteiger partial charge in [0.1, 0.15) is 6.33 Å². The second-order valence-corrected chi connectivity index (χ2v) is 6.81. The van der Waals surface area contributed by atoms with Gasteiger partial charge in [0.05, 0.1) is 15.2 Å². The fraction of sp³-hybridized carbons (Fsp3) is 0. The number of aromatic nitrogens is 5. The van der Waals surface area contributed by atoms with E-state index in [1.54, 1.807) is 0 Å². The molecular formula is C12H7ClN6S2. The molecule has 0 saturated heterocycles. The Bertz CT molecular complexity index is 885. The van der Waals surface area contributed by atoms with Crippen molar-refractivity contribution in [3.8, 4) is 0 Å². The molecule has 0 aliphatic heterocycles. The Kier molecular flexibility index (Phi) is 2.95. The molecule has 9 heteroatoms. The van der Waals surface area contributed by atoms with Gasteiger partial charge >= 0.3 is 0 Å². The van der Waals surface area contributed by atoms with Gasteiger partial charge in [0, 0.05) is 0 Å². The lowest BCUT2D eigenvalue weighted by Crippen LogP contribution is -1.91. The number of rotatable bonds is 2. The average molecular weight is 335 g/mol. The summed E-state index contributed by atoms with van der Waals surface area (Å²) >= 11 is 9.10. The Hall–Kier alpha value is -1.90. The summed E-state index contributed by atoms with van der Waals surface area (Å²) in [7, 11) is 0. The third-order valence-corrected chi connectivity index (χ3v) is 5.30. The number of nitrogen functional groups attached to an aromatic ring is 1. The zero-order chi connectivity index (χ0) is 14.4. The number of nitrogens with zero attached hydrogens (tertiary/aromatic N) is 4. The Morgan fingerprint density at radius 3 is 2.95 bits per heavy atom. The number of nitrogens with two attached hydrogens (primary N) is 1. The largest absolute Gasteiger partial charge is 0.382 e. The first-order valence-corrected chi connectivity index (χ1v) is 7.91. The van der Waals surface area contributed by atoms with Gasteiger partial charge in [-0.2, -0.15) is 0 Å². The maximum atomic E-state index is 6.16. The van der Waals surface area contributed by atoms with E-state index in [4.69, 9.17) is 17.3 Å². The van der Waals surface area contributed by atoms with Crippen molar-refractivity contribution in [2.45, 2.75) is 9.50 Å². The van der Waals surface area contributed by atoms with Crippen LogP contribution in [-0.2, 0) is 0 Å². The summed E-state index contributed by atoms with van der Waals surface area (Å²) in [4.78, 5) is 20.0. The highest BCUT2D eigenvalue weighted by atomic mass is 35.5. The van der Waals surface area contributed by atoms with E-state index < -0.39 is 0 Å². The molecule has 0 saturated carbocycles. The zero-order valence-corrected chi connectivity index (χ0v) is 12.8. The minimum atomic E-state index is 0.357. The van der Waals surface area contributed by atoms with E-state index in [-0.39, 0.29) is 0 Å². The fourth-order valence-electron chi connectivity index (χ4n) is 1.89. The van der Waals surface area contributed by atoms with Crippen LogP contribution in [0, 0.1) is 0 Å². The molecule has 3 heterocycles. The topological polar surface area (TPSA) is 93.4 Å². The van der Waals surface area contributed by atoms with Crippen LogP contribution in [0.1, 0.15) is 0 Å². The Labute approximate surface area is 131 Å². The summed E-state index contributed by atoms with van der Waals surface area (Å²) < 4.78 is 1.82. The zero-order valence-electron chi connectivity index (χ0n) is 10.4. The molecule has 0 amide bonds. The number of nitrogens with one attached hydrogen (secondary N) is 1. The van der Waals surface area contributed by atoms with Crippen molar-refractivity contribution >= 4 is 61.9 Å². The van der Waals surface area contributed by atoms with Crippen LogP contribution >= 0.6 is 34.7 Å². The quantitative estimate of drug-likeness (QED) is 0.584. The van der Waals surface area contributed by atoms with Gasteiger partial charge in [-0.25, -0.2) is 19.9 Å². The first-order valence-electron chi connectivity index (χ1n) is 5.90. The first kappa shape index (κ1) is 12.8. The Morgan fingerprint density at radius 1 is 1.24 bits per heavy atom. The van der Waals surface area contributed by atoms with Crippen LogP contribution < -0.4 is 5.73 Å². The molecule has 0 unspecified atom stereocenters. The fourth-order valence-corrected chi connectivity index (χ4v) is 4.13. The molecule has 3 N–H and O–H groups in total. The summed E-state index contributed by atoms with van der Waals surface area (Å²) in [6, 6.07) is 5.67. The van der Waals surface area contributed by atoms with Crippen LogP contribution in [0.25, 0.3) is 21.4 Å². The Morgan fingerprint density at radius 2 is 2.14 bits per heavy atom. The maximum Gasteiger partial charge on any atom is 0.174 e. The van der Waals surface area contributed by atoms with Crippen molar-refractivity contribution in [1.82, 2.24) is 24.9 Å². The van der Waals surface area contributed by atoms with Crippen molar-refractivity contribution < 1.29 is 0 Å². The second kappa shape index (κ2) is 4.83. The van der Waals surface area contributed by atoms with Gasteiger partial charge in [-0.15, -0.1) is 11.3 Å². The van der Waals surface area contributed by atoms with Gasteiger partial charge in [0.25, 0.3) is 0 Å². The van der Waals surface area contributed by atoms with Gasteiger partial charge in [0.2, 0.25) is 0 Å².